The molecule has 0 fully saturated rings. The smallest absolute Gasteiger partial charge is 0.188 e. The number of nitrogens with zero attached hydrogens (tertiary/aromatic N) is 1. The highest BCUT2D eigenvalue weighted by molar-refractivity contribution is 9.10. The van der Waals surface area contributed by atoms with Crippen molar-refractivity contribution in [2.75, 3.05) is 5.73 Å². The highest BCUT2D eigenvalue weighted by Crippen LogP contribution is 2.42. The van der Waals surface area contributed by atoms with E-state index in [-0.39, 0.29) is 0 Å². The first kappa shape index (κ1) is 12.4. The van der Waals surface area contributed by atoms with E-state index in [0.717, 1.165) is 26.0 Å². The molecule has 0 radical (unpaired) electrons. The molecular formula is C14H11BrN2OS. The molecule has 1 aromatic carbocycles. The highest BCUT2D eigenvalue weighted by Gasteiger charge is 2.21. The summed E-state index contributed by atoms with van der Waals surface area (Å²) in [6, 6.07) is 10.1. The molecular weight excluding hydrogens is 324 g/mol. The summed E-state index contributed by atoms with van der Waals surface area (Å²) in [7, 11) is 0. The molecule has 0 aliphatic rings. The van der Waals surface area contributed by atoms with Crippen molar-refractivity contribution in [1.29, 1.82) is 0 Å². The summed E-state index contributed by atoms with van der Waals surface area (Å²) in [5.41, 5.74) is 9.04. The normalized spacial score (nSPS) is 10.8. The van der Waals surface area contributed by atoms with Gasteiger partial charge < -0.3 is 10.3 Å². The number of nitrogens with two attached hydrogens (primary N) is 1. The summed E-state index contributed by atoms with van der Waals surface area (Å²) in [6.07, 6.45) is 0. The molecule has 5 heteroatoms. The first-order chi connectivity index (χ1) is 9.18. The minimum atomic E-state index is 0.421. The van der Waals surface area contributed by atoms with Crippen LogP contribution in [0.15, 0.2) is 44.7 Å². The van der Waals surface area contributed by atoms with Gasteiger partial charge in [0.15, 0.2) is 11.6 Å². The van der Waals surface area contributed by atoms with Gasteiger partial charge in [-0.25, -0.2) is 0 Å². The molecule has 0 amide bonds. The number of benzene rings is 1. The van der Waals surface area contributed by atoms with Gasteiger partial charge in [0.1, 0.15) is 0 Å². The van der Waals surface area contributed by atoms with Gasteiger partial charge in [0.25, 0.3) is 0 Å². The van der Waals surface area contributed by atoms with Gasteiger partial charge in [0.05, 0.1) is 10.4 Å². The zero-order chi connectivity index (χ0) is 13.4. The molecule has 3 rings (SSSR count). The number of rotatable bonds is 2. The number of aryl methyl sites for hydroxylation is 1. The molecule has 2 aromatic heterocycles. The van der Waals surface area contributed by atoms with Gasteiger partial charge in [-0.05, 0) is 45.4 Å². The second kappa shape index (κ2) is 4.83. The lowest BCUT2D eigenvalue weighted by molar-refractivity contribution is 0.437. The lowest BCUT2D eigenvalue weighted by Crippen LogP contribution is -1.90. The lowest BCUT2D eigenvalue weighted by atomic mass is 10.00. The molecule has 3 nitrogen and oxygen atoms in total. The molecule has 19 heavy (non-hydrogen) atoms. The summed E-state index contributed by atoms with van der Waals surface area (Å²) in [5.74, 6) is 1.14. The molecule has 2 N–H and O–H groups in total. The van der Waals surface area contributed by atoms with Crippen LogP contribution in [0.1, 0.15) is 5.56 Å². The molecule has 3 aromatic rings. The second-order valence-corrected chi connectivity index (χ2v) is 5.95. The van der Waals surface area contributed by atoms with Gasteiger partial charge in [0, 0.05) is 4.47 Å². The Kier molecular flexibility index (Phi) is 3.16. The van der Waals surface area contributed by atoms with E-state index >= 15 is 0 Å². The van der Waals surface area contributed by atoms with Crippen LogP contribution in [0.3, 0.4) is 0 Å². The van der Waals surface area contributed by atoms with E-state index < -0.39 is 0 Å². The summed E-state index contributed by atoms with van der Waals surface area (Å²) in [5, 5.41) is 5.92. The van der Waals surface area contributed by atoms with Crippen LogP contribution in [0.5, 0.6) is 0 Å². The van der Waals surface area contributed by atoms with E-state index in [1.807, 2.05) is 29.6 Å². The van der Waals surface area contributed by atoms with Crippen molar-refractivity contribution in [1.82, 2.24) is 5.16 Å². The van der Waals surface area contributed by atoms with Crippen molar-refractivity contribution in [2.24, 2.45) is 0 Å². The van der Waals surface area contributed by atoms with E-state index in [4.69, 9.17) is 10.3 Å². The van der Waals surface area contributed by atoms with Crippen LogP contribution >= 0.6 is 27.3 Å². The summed E-state index contributed by atoms with van der Waals surface area (Å²) in [4.78, 5) is 1.00. The van der Waals surface area contributed by atoms with Crippen molar-refractivity contribution >= 4 is 33.1 Å². The van der Waals surface area contributed by atoms with Crippen molar-refractivity contribution in [3.63, 3.8) is 0 Å². The SMILES string of the molecule is Cc1ccccc1-c1c(N)noc1-c1sccc1Br. The van der Waals surface area contributed by atoms with Gasteiger partial charge >= 0.3 is 0 Å². The maximum absolute atomic E-state index is 5.98. The fourth-order valence-electron chi connectivity index (χ4n) is 2.03. The third kappa shape index (κ3) is 2.09. The molecule has 0 saturated carbocycles. The van der Waals surface area contributed by atoms with Crippen LogP contribution in [0, 0.1) is 6.92 Å². The van der Waals surface area contributed by atoms with E-state index in [1.54, 1.807) is 11.3 Å². The number of aromatic nitrogens is 1. The molecule has 0 atom stereocenters. The number of hydrogen-bond donors (Lipinski definition) is 1. The number of halogens is 1. The molecule has 0 unspecified atom stereocenters. The topological polar surface area (TPSA) is 52.0 Å². The second-order valence-electron chi connectivity index (χ2n) is 4.18. The number of anilines is 1. The molecule has 96 valence electrons. The van der Waals surface area contributed by atoms with Crippen molar-refractivity contribution in [3.05, 3.63) is 45.7 Å². The lowest BCUT2D eigenvalue weighted by Gasteiger charge is -2.05. The Bertz CT molecular complexity index is 733. The molecule has 0 spiro atoms. The Morgan fingerprint density at radius 2 is 2.05 bits per heavy atom. The maximum Gasteiger partial charge on any atom is 0.188 e. The average molecular weight is 335 g/mol. The van der Waals surface area contributed by atoms with Gasteiger partial charge in [-0.2, -0.15) is 0 Å². The van der Waals surface area contributed by atoms with Crippen molar-refractivity contribution < 1.29 is 4.52 Å². The van der Waals surface area contributed by atoms with Crippen LogP contribution in [-0.4, -0.2) is 5.16 Å². The molecule has 0 bridgehead atoms. The Hall–Kier alpha value is -1.59. The zero-order valence-corrected chi connectivity index (χ0v) is 12.6. The Morgan fingerprint density at radius 3 is 2.74 bits per heavy atom. The maximum atomic E-state index is 5.98. The quantitative estimate of drug-likeness (QED) is 0.737. The zero-order valence-electron chi connectivity index (χ0n) is 10.2. The fraction of sp³-hybridized carbons (Fsp3) is 0.0714. The summed E-state index contributed by atoms with van der Waals surface area (Å²) >= 11 is 5.11. The van der Waals surface area contributed by atoms with Crippen molar-refractivity contribution in [2.45, 2.75) is 6.92 Å². The minimum Gasteiger partial charge on any atom is -0.380 e. The Labute approximate surface area is 123 Å². The Morgan fingerprint density at radius 1 is 1.26 bits per heavy atom. The first-order valence-corrected chi connectivity index (χ1v) is 7.40. The minimum absolute atomic E-state index is 0.421. The molecule has 2 heterocycles. The number of nitrogen functional groups attached to an aromatic ring is 1. The van der Waals surface area contributed by atoms with Crippen LogP contribution < -0.4 is 5.73 Å². The highest BCUT2D eigenvalue weighted by atomic mass is 79.9. The van der Waals surface area contributed by atoms with Gasteiger partial charge in [0.2, 0.25) is 0 Å². The van der Waals surface area contributed by atoms with E-state index in [0.29, 0.717) is 11.6 Å². The van der Waals surface area contributed by atoms with Crippen LogP contribution in [-0.2, 0) is 0 Å². The standard InChI is InChI=1S/C14H11BrN2OS/c1-8-4-2-3-5-9(8)11-12(18-17-14(11)16)13-10(15)6-7-19-13/h2-7H,1H3,(H2,16,17). The average Bonchev–Trinajstić information content (AvgIpc) is 2.96. The van der Waals surface area contributed by atoms with E-state index in [2.05, 4.69) is 34.1 Å². The van der Waals surface area contributed by atoms with E-state index in [9.17, 15) is 0 Å². The van der Waals surface area contributed by atoms with Gasteiger partial charge in [-0.3, -0.25) is 0 Å². The number of thiophene rings is 1. The predicted octanol–water partition coefficient (Wildman–Crippen LogP) is 4.72. The van der Waals surface area contributed by atoms with Gasteiger partial charge in [-0.15, -0.1) is 11.3 Å². The first-order valence-electron chi connectivity index (χ1n) is 5.73. The summed E-state index contributed by atoms with van der Waals surface area (Å²) in [6.45, 7) is 2.05. The fourth-order valence-corrected chi connectivity index (χ4v) is 3.56. The van der Waals surface area contributed by atoms with Crippen molar-refractivity contribution in [3.8, 4) is 21.8 Å². The number of hydrogen-bond acceptors (Lipinski definition) is 4. The molecule has 0 aliphatic heterocycles. The predicted molar refractivity (Wildman–Crippen MR) is 82.1 cm³/mol. The van der Waals surface area contributed by atoms with Gasteiger partial charge in [-0.1, -0.05) is 29.4 Å². The molecule has 0 saturated heterocycles. The third-order valence-corrected chi connectivity index (χ3v) is 4.79. The third-order valence-electron chi connectivity index (χ3n) is 2.96. The van der Waals surface area contributed by atoms with E-state index in [1.165, 1.54) is 0 Å². The van der Waals surface area contributed by atoms with Crippen LogP contribution in [0.4, 0.5) is 5.82 Å². The largest absolute Gasteiger partial charge is 0.380 e. The molecule has 0 aliphatic carbocycles. The monoisotopic (exact) mass is 334 g/mol. The van der Waals surface area contributed by atoms with Crippen LogP contribution in [0.2, 0.25) is 0 Å². The summed E-state index contributed by atoms with van der Waals surface area (Å²) < 4.78 is 6.42. The van der Waals surface area contributed by atoms with Crippen LogP contribution in [0.25, 0.3) is 21.8 Å². The Balaban J connectivity index is 2.26.